The van der Waals surface area contributed by atoms with Crippen molar-refractivity contribution in [1.29, 1.82) is 0 Å². The van der Waals surface area contributed by atoms with E-state index in [0.29, 0.717) is 11.1 Å². The average molecular weight is 200 g/mol. The zero-order valence-electron chi connectivity index (χ0n) is 7.15. The van der Waals surface area contributed by atoms with Crippen LogP contribution in [0.4, 0.5) is 0 Å². The molecule has 0 fully saturated rings. The molecule has 0 heterocycles. The molecule has 0 spiro atoms. The summed E-state index contributed by atoms with van der Waals surface area (Å²) in [5.74, 6) is 0. The summed E-state index contributed by atoms with van der Waals surface area (Å²) in [6.07, 6.45) is 0. The van der Waals surface area contributed by atoms with E-state index >= 15 is 0 Å². The molecule has 0 aromatic heterocycles. The Bertz CT molecular complexity index is 411. The van der Waals surface area contributed by atoms with E-state index in [-0.39, 0.29) is 11.5 Å². The number of hydrogen-bond donors (Lipinski definition) is 1. The van der Waals surface area contributed by atoms with E-state index < -0.39 is 10.0 Å². The number of rotatable bonds is 2. The highest BCUT2D eigenvalue weighted by atomic mass is 32.2. The molecule has 0 atom stereocenters. The number of nitrogens with two attached hydrogens (primary N) is 1. The summed E-state index contributed by atoms with van der Waals surface area (Å²) in [6.45, 7) is 1.33. The van der Waals surface area contributed by atoms with Gasteiger partial charge >= 0.3 is 0 Å². The highest BCUT2D eigenvalue weighted by molar-refractivity contribution is 7.89. The topological polar surface area (TPSA) is 80.1 Å². The van der Waals surface area contributed by atoms with Gasteiger partial charge in [-0.2, -0.15) is 0 Å². The first-order valence-corrected chi connectivity index (χ1v) is 5.20. The van der Waals surface area contributed by atoms with Crippen molar-refractivity contribution >= 4 is 10.0 Å². The van der Waals surface area contributed by atoms with Crippen LogP contribution in [0.25, 0.3) is 0 Å². The molecule has 0 unspecified atom stereocenters. The SMILES string of the molecule is Cc1cc(S(N)(=O)=O)ccc1C[O]. The Morgan fingerprint density at radius 3 is 2.38 bits per heavy atom. The zero-order chi connectivity index (χ0) is 10.1. The summed E-state index contributed by atoms with van der Waals surface area (Å²) in [5.41, 5.74) is 1.24. The Labute approximate surface area is 77.1 Å². The van der Waals surface area contributed by atoms with Gasteiger partial charge in [0.25, 0.3) is 0 Å². The Morgan fingerprint density at radius 1 is 1.38 bits per heavy atom. The summed E-state index contributed by atoms with van der Waals surface area (Å²) >= 11 is 0. The van der Waals surface area contributed by atoms with Crippen molar-refractivity contribution in [2.45, 2.75) is 18.4 Å². The standard InChI is InChI=1S/C8H10NO3S/c1-6-4-8(13(9,11)12)3-2-7(6)5-10/h2-4H,5H2,1H3,(H2,9,11,12). The summed E-state index contributed by atoms with van der Waals surface area (Å²) in [4.78, 5) is 0.0437. The molecule has 0 amide bonds. The molecule has 0 saturated heterocycles. The molecular weight excluding hydrogens is 190 g/mol. The van der Waals surface area contributed by atoms with Crippen LogP contribution in [0.2, 0.25) is 0 Å². The van der Waals surface area contributed by atoms with Crippen LogP contribution < -0.4 is 5.14 Å². The van der Waals surface area contributed by atoms with Crippen molar-refractivity contribution in [3.63, 3.8) is 0 Å². The van der Waals surface area contributed by atoms with Gasteiger partial charge in [0.15, 0.2) is 0 Å². The van der Waals surface area contributed by atoms with E-state index in [1.54, 1.807) is 6.92 Å². The van der Waals surface area contributed by atoms with Crippen molar-refractivity contribution < 1.29 is 13.5 Å². The van der Waals surface area contributed by atoms with Gasteiger partial charge in [0.1, 0.15) is 6.61 Å². The van der Waals surface area contributed by atoms with E-state index in [1.165, 1.54) is 18.2 Å². The van der Waals surface area contributed by atoms with Gasteiger partial charge in [0.2, 0.25) is 10.0 Å². The molecular formula is C8H10NO3S. The lowest BCUT2D eigenvalue weighted by Gasteiger charge is -2.03. The number of benzene rings is 1. The second kappa shape index (κ2) is 3.45. The fraction of sp³-hybridized carbons (Fsp3) is 0.250. The normalized spacial score (nSPS) is 11.6. The van der Waals surface area contributed by atoms with Crippen LogP contribution in [0.1, 0.15) is 11.1 Å². The van der Waals surface area contributed by atoms with Gasteiger partial charge < -0.3 is 0 Å². The van der Waals surface area contributed by atoms with Gasteiger partial charge in [-0.25, -0.2) is 18.7 Å². The van der Waals surface area contributed by atoms with Crippen LogP contribution in [0.3, 0.4) is 0 Å². The number of hydrogen-bond acceptors (Lipinski definition) is 2. The number of primary sulfonamides is 1. The Morgan fingerprint density at radius 2 is 2.00 bits per heavy atom. The van der Waals surface area contributed by atoms with Crippen molar-refractivity contribution in [3.8, 4) is 0 Å². The van der Waals surface area contributed by atoms with Crippen LogP contribution >= 0.6 is 0 Å². The molecule has 0 saturated carbocycles. The number of aryl methyl sites for hydroxylation is 1. The van der Waals surface area contributed by atoms with Gasteiger partial charge in [-0.15, -0.1) is 0 Å². The fourth-order valence-electron chi connectivity index (χ4n) is 1.01. The molecule has 2 N–H and O–H groups in total. The lowest BCUT2D eigenvalue weighted by Crippen LogP contribution is -2.12. The molecule has 0 bridgehead atoms. The van der Waals surface area contributed by atoms with Gasteiger partial charge in [-0.05, 0) is 30.2 Å². The molecule has 71 valence electrons. The van der Waals surface area contributed by atoms with Gasteiger partial charge in [0.05, 0.1) is 4.90 Å². The zero-order valence-corrected chi connectivity index (χ0v) is 7.97. The highest BCUT2D eigenvalue weighted by Gasteiger charge is 2.08. The van der Waals surface area contributed by atoms with Crippen molar-refractivity contribution in [2.24, 2.45) is 5.14 Å². The first-order valence-electron chi connectivity index (χ1n) is 3.65. The second-order valence-corrected chi connectivity index (χ2v) is 4.34. The van der Waals surface area contributed by atoms with Crippen LogP contribution in [0.5, 0.6) is 0 Å². The maximum atomic E-state index is 10.9. The largest absolute Gasteiger partial charge is 0.238 e. The molecule has 1 aromatic carbocycles. The maximum absolute atomic E-state index is 10.9. The molecule has 1 radical (unpaired) electrons. The summed E-state index contributed by atoms with van der Waals surface area (Å²) in [7, 11) is -3.65. The third-order valence-electron chi connectivity index (χ3n) is 1.80. The van der Waals surface area contributed by atoms with Crippen molar-refractivity contribution in [2.75, 3.05) is 0 Å². The minimum Gasteiger partial charge on any atom is -0.232 e. The minimum absolute atomic E-state index is 0.0437. The van der Waals surface area contributed by atoms with Crippen LogP contribution in [-0.2, 0) is 21.7 Å². The third kappa shape index (κ3) is 2.27. The highest BCUT2D eigenvalue weighted by Crippen LogP contribution is 2.13. The molecule has 1 rings (SSSR count). The number of sulfonamides is 1. The first-order chi connectivity index (χ1) is 5.95. The smallest absolute Gasteiger partial charge is 0.232 e. The first kappa shape index (κ1) is 10.2. The van der Waals surface area contributed by atoms with E-state index in [2.05, 4.69) is 0 Å². The van der Waals surface area contributed by atoms with Gasteiger partial charge in [-0.1, -0.05) is 6.07 Å². The summed E-state index contributed by atoms with van der Waals surface area (Å²) in [6, 6.07) is 4.24. The molecule has 13 heavy (non-hydrogen) atoms. The summed E-state index contributed by atoms with van der Waals surface area (Å²) in [5, 5.41) is 15.4. The van der Waals surface area contributed by atoms with Crippen LogP contribution in [0.15, 0.2) is 23.1 Å². The summed E-state index contributed by atoms with van der Waals surface area (Å²) < 4.78 is 21.8. The van der Waals surface area contributed by atoms with Gasteiger partial charge in [-0.3, -0.25) is 0 Å². The van der Waals surface area contributed by atoms with Crippen molar-refractivity contribution in [1.82, 2.24) is 0 Å². The average Bonchev–Trinajstić information content (AvgIpc) is 2.02. The molecule has 0 aliphatic rings. The van der Waals surface area contributed by atoms with Crippen molar-refractivity contribution in [3.05, 3.63) is 29.3 Å². The van der Waals surface area contributed by atoms with Crippen LogP contribution in [-0.4, -0.2) is 8.42 Å². The van der Waals surface area contributed by atoms with Crippen LogP contribution in [0, 0.1) is 6.92 Å². The predicted molar refractivity (Wildman–Crippen MR) is 46.9 cm³/mol. The quantitative estimate of drug-likeness (QED) is 0.757. The van der Waals surface area contributed by atoms with E-state index in [9.17, 15) is 13.5 Å². The molecule has 0 aliphatic carbocycles. The second-order valence-electron chi connectivity index (χ2n) is 2.78. The lowest BCUT2D eigenvalue weighted by molar-refractivity contribution is 0.177. The Balaban J connectivity index is 3.26. The van der Waals surface area contributed by atoms with E-state index in [4.69, 9.17) is 5.14 Å². The monoisotopic (exact) mass is 200 g/mol. The molecule has 5 heteroatoms. The van der Waals surface area contributed by atoms with Gasteiger partial charge in [0, 0.05) is 0 Å². The lowest BCUT2D eigenvalue weighted by atomic mass is 10.1. The molecule has 4 nitrogen and oxygen atoms in total. The molecule has 1 aromatic rings. The predicted octanol–water partition coefficient (Wildman–Crippen LogP) is 0.573. The van der Waals surface area contributed by atoms with E-state index in [0.717, 1.165) is 0 Å². The fourth-order valence-corrected chi connectivity index (χ4v) is 1.61. The molecule has 0 aliphatic heterocycles. The minimum atomic E-state index is -3.65. The third-order valence-corrected chi connectivity index (χ3v) is 2.71. The Kier molecular flexibility index (Phi) is 2.70. The Hall–Kier alpha value is -0.910. The van der Waals surface area contributed by atoms with E-state index in [1.807, 2.05) is 0 Å². The maximum Gasteiger partial charge on any atom is 0.238 e.